The summed E-state index contributed by atoms with van der Waals surface area (Å²) in [7, 11) is 1.74. The van der Waals surface area contributed by atoms with E-state index in [0.29, 0.717) is 31.1 Å². The van der Waals surface area contributed by atoms with Gasteiger partial charge >= 0.3 is 0 Å². The fourth-order valence-electron chi connectivity index (χ4n) is 1.60. The Morgan fingerprint density at radius 2 is 2.16 bits per heavy atom. The molecule has 0 atom stereocenters. The van der Waals surface area contributed by atoms with Crippen molar-refractivity contribution >= 4 is 29.9 Å². The fourth-order valence-corrected chi connectivity index (χ4v) is 1.79. The van der Waals surface area contributed by atoms with Gasteiger partial charge in [-0.1, -0.05) is 11.6 Å². The number of likely N-dealkylation sites (N-methyl/N-ethyl adjacent to an activating group) is 1. The van der Waals surface area contributed by atoms with Crippen LogP contribution in [0.2, 0.25) is 5.02 Å². The van der Waals surface area contributed by atoms with Crippen LogP contribution in [0.1, 0.15) is 12.5 Å². The molecule has 19 heavy (non-hydrogen) atoms. The third-order valence-corrected chi connectivity index (χ3v) is 2.61. The van der Waals surface area contributed by atoms with Crippen molar-refractivity contribution in [2.75, 3.05) is 26.7 Å². The van der Waals surface area contributed by atoms with E-state index in [4.69, 9.17) is 16.3 Å². The number of ether oxygens (including phenoxy) is 1. The van der Waals surface area contributed by atoms with Crippen molar-refractivity contribution in [3.05, 3.63) is 28.8 Å². The molecule has 0 fully saturated rings. The van der Waals surface area contributed by atoms with E-state index in [2.05, 4.69) is 10.6 Å². The van der Waals surface area contributed by atoms with Crippen molar-refractivity contribution in [2.45, 2.75) is 13.3 Å². The molecule has 1 aromatic carbocycles. The minimum Gasteiger partial charge on any atom is -0.494 e. The number of halogens is 2. The van der Waals surface area contributed by atoms with Gasteiger partial charge in [-0.3, -0.25) is 4.79 Å². The van der Waals surface area contributed by atoms with Crippen LogP contribution in [0.5, 0.6) is 5.75 Å². The Labute approximate surface area is 125 Å². The summed E-state index contributed by atoms with van der Waals surface area (Å²) in [5, 5.41) is 6.30. The summed E-state index contributed by atoms with van der Waals surface area (Å²) < 4.78 is 5.51. The molecule has 0 saturated heterocycles. The van der Waals surface area contributed by atoms with Gasteiger partial charge in [0.1, 0.15) is 5.75 Å². The molecule has 0 spiro atoms. The van der Waals surface area contributed by atoms with E-state index in [9.17, 15) is 4.79 Å². The zero-order valence-electron chi connectivity index (χ0n) is 11.2. The van der Waals surface area contributed by atoms with Gasteiger partial charge in [-0.2, -0.15) is 0 Å². The van der Waals surface area contributed by atoms with Crippen LogP contribution in [0.3, 0.4) is 0 Å². The zero-order chi connectivity index (χ0) is 13.4. The second kappa shape index (κ2) is 9.89. The largest absolute Gasteiger partial charge is 0.494 e. The molecular weight excluding hydrogens is 287 g/mol. The highest BCUT2D eigenvalue weighted by molar-refractivity contribution is 6.30. The summed E-state index contributed by atoms with van der Waals surface area (Å²) in [5.41, 5.74) is 1.01. The predicted molar refractivity (Wildman–Crippen MR) is 80.5 cm³/mol. The van der Waals surface area contributed by atoms with E-state index in [0.717, 1.165) is 11.3 Å². The van der Waals surface area contributed by atoms with Crippen LogP contribution in [-0.2, 0) is 11.2 Å². The number of amides is 1. The van der Waals surface area contributed by atoms with Gasteiger partial charge in [0.25, 0.3) is 0 Å². The summed E-state index contributed by atoms with van der Waals surface area (Å²) in [6.45, 7) is 3.45. The lowest BCUT2D eigenvalue weighted by molar-refractivity contribution is -0.120. The van der Waals surface area contributed by atoms with Crippen LogP contribution in [0.25, 0.3) is 0 Å². The normalized spacial score (nSPS) is 9.63. The molecule has 0 radical (unpaired) electrons. The molecule has 0 saturated carbocycles. The molecular formula is C13H20Cl2N2O2. The Hall–Kier alpha value is -0.970. The molecule has 6 heteroatoms. The van der Waals surface area contributed by atoms with Crippen molar-refractivity contribution in [2.24, 2.45) is 0 Å². The van der Waals surface area contributed by atoms with Crippen LogP contribution in [0.15, 0.2) is 18.2 Å². The third-order valence-electron chi connectivity index (χ3n) is 2.38. The second-order valence-corrected chi connectivity index (χ2v) is 4.25. The summed E-state index contributed by atoms with van der Waals surface area (Å²) in [6, 6.07) is 5.53. The van der Waals surface area contributed by atoms with Crippen LogP contribution in [-0.4, -0.2) is 32.7 Å². The number of hydrogen-bond acceptors (Lipinski definition) is 3. The Balaban J connectivity index is 0.00000324. The predicted octanol–water partition coefficient (Wildman–Crippen LogP) is 2.04. The molecule has 0 aliphatic heterocycles. The fraction of sp³-hybridized carbons (Fsp3) is 0.462. The highest BCUT2D eigenvalue weighted by atomic mass is 35.5. The zero-order valence-corrected chi connectivity index (χ0v) is 12.7. The van der Waals surface area contributed by atoms with E-state index in [1.54, 1.807) is 13.1 Å². The first-order chi connectivity index (χ1) is 8.67. The molecule has 1 amide bonds. The molecule has 0 bridgehead atoms. The number of carbonyl (C=O) groups excluding carboxylic acids is 1. The third kappa shape index (κ3) is 6.66. The van der Waals surface area contributed by atoms with Gasteiger partial charge < -0.3 is 15.4 Å². The first kappa shape index (κ1) is 18.0. The van der Waals surface area contributed by atoms with E-state index in [-0.39, 0.29) is 18.3 Å². The van der Waals surface area contributed by atoms with Crippen molar-refractivity contribution in [3.8, 4) is 5.75 Å². The number of benzene rings is 1. The Kier molecular flexibility index (Phi) is 9.39. The lowest BCUT2D eigenvalue weighted by Crippen LogP contribution is -2.33. The average Bonchev–Trinajstić information content (AvgIpc) is 2.33. The van der Waals surface area contributed by atoms with Crippen LogP contribution < -0.4 is 15.4 Å². The monoisotopic (exact) mass is 306 g/mol. The maximum Gasteiger partial charge on any atom is 0.233 e. The minimum absolute atomic E-state index is 0. The van der Waals surface area contributed by atoms with E-state index >= 15 is 0 Å². The summed E-state index contributed by atoms with van der Waals surface area (Å²) in [6.07, 6.45) is 0.700. The van der Waals surface area contributed by atoms with Crippen LogP contribution >= 0.6 is 24.0 Å². The molecule has 0 aliphatic carbocycles. The van der Waals surface area contributed by atoms with Crippen molar-refractivity contribution in [3.63, 3.8) is 0 Å². The Bertz CT molecular complexity index is 400. The van der Waals surface area contributed by atoms with Gasteiger partial charge in [-0.15, -0.1) is 12.4 Å². The van der Waals surface area contributed by atoms with Gasteiger partial charge in [0.2, 0.25) is 5.91 Å². The molecule has 4 nitrogen and oxygen atoms in total. The standard InChI is InChI=1S/C13H19ClN2O2.ClH/c1-3-18-12-5-4-11(14)8-10(12)6-7-16-13(17)9-15-2;/h4-5,8,15H,3,6-7,9H2,1-2H3,(H,16,17);1H. The van der Waals surface area contributed by atoms with Crippen LogP contribution in [0, 0.1) is 0 Å². The SMILES string of the molecule is CCOc1ccc(Cl)cc1CCNC(=O)CNC.Cl. The molecule has 0 heterocycles. The summed E-state index contributed by atoms with van der Waals surface area (Å²) >= 11 is 5.96. The maximum atomic E-state index is 11.3. The lowest BCUT2D eigenvalue weighted by atomic mass is 10.1. The summed E-state index contributed by atoms with van der Waals surface area (Å²) in [5.74, 6) is 0.808. The van der Waals surface area contributed by atoms with Crippen molar-refractivity contribution in [1.82, 2.24) is 10.6 Å². The Morgan fingerprint density at radius 1 is 1.42 bits per heavy atom. The van der Waals surface area contributed by atoms with E-state index < -0.39 is 0 Å². The topological polar surface area (TPSA) is 50.4 Å². The lowest BCUT2D eigenvalue weighted by Gasteiger charge is -2.11. The van der Waals surface area contributed by atoms with E-state index in [1.807, 2.05) is 19.1 Å². The van der Waals surface area contributed by atoms with Gasteiger partial charge in [0.15, 0.2) is 0 Å². The number of nitrogens with one attached hydrogen (secondary N) is 2. The van der Waals surface area contributed by atoms with Gasteiger partial charge in [0, 0.05) is 11.6 Å². The summed E-state index contributed by atoms with van der Waals surface area (Å²) in [4.78, 5) is 11.3. The highest BCUT2D eigenvalue weighted by Gasteiger charge is 2.05. The van der Waals surface area contributed by atoms with Crippen molar-refractivity contribution in [1.29, 1.82) is 0 Å². The second-order valence-electron chi connectivity index (χ2n) is 3.82. The molecule has 0 unspecified atom stereocenters. The van der Waals surface area contributed by atoms with Gasteiger partial charge in [-0.25, -0.2) is 0 Å². The number of carbonyl (C=O) groups is 1. The first-order valence-corrected chi connectivity index (χ1v) is 6.37. The molecule has 0 aromatic heterocycles. The molecule has 0 aliphatic rings. The molecule has 1 aromatic rings. The van der Waals surface area contributed by atoms with Gasteiger partial charge in [0.05, 0.1) is 13.2 Å². The van der Waals surface area contributed by atoms with Crippen molar-refractivity contribution < 1.29 is 9.53 Å². The number of hydrogen-bond donors (Lipinski definition) is 2. The first-order valence-electron chi connectivity index (χ1n) is 6.00. The average molecular weight is 307 g/mol. The molecule has 2 N–H and O–H groups in total. The molecule has 108 valence electrons. The van der Waals surface area contributed by atoms with Crippen LogP contribution in [0.4, 0.5) is 0 Å². The quantitative estimate of drug-likeness (QED) is 0.810. The minimum atomic E-state index is -0.0162. The smallest absolute Gasteiger partial charge is 0.233 e. The maximum absolute atomic E-state index is 11.3. The highest BCUT2D eigenvalue weighted by Crippen LogP contribution is 2.23. The molecule has 1 rings (SSSR count). The number of rotatable bonds is 7. The van der Waals surface area contributed by atoms with Gasteiger partial charge in [-0.05, 0) is 44.2 Å². The van der Waals surface area contributed by atoms with E-state index in [1.165, 1.54) is 0 Å². The Morgan fingerprint density at radius 3 is 2.79 bits per heavy atom.